The SMILES string of the molecule is C/C=C/C=C/[C@@H]1O[C@](O)(C(CNC(=O)Cc2ccccc2)C(=O)NC/C=C/C=C(\C)C(OC)C(C)C2CC(O)C(\C=C/C=C/C=C\C(=O)O)O2)[C@H](O)[C@H](O)C1(C)C. The van der Waals surface area contributed by atoms with Crippen LogP contribution in [0.5, 0.6) is 0 Å². The maximum absolute atomic E-state index is 13.8. The number of aliphatic carboxylic acids is 1. The van der Waals surface area contributed by atoms with Crippen LogP contribution in [0.15, 0.2) is 115 Å². The van der Waals surface area contributed by atoms with Gasteiger partial charge in [-0.3, -0.25) is 9.59 Å². The van der Waals surface area contributed by atoms with Gasteiger partial charge in [0.25, 0.3) is 0 Å². The second-order valence-electron chi connectivity index (χ2n) is 14.9. The van der Waals surface area contributed by atoms with Crippen LogP contribution in [0.1, 0.15) is 46.6 Å². The number of carboxylic acid groups (broad SMARTS) is 1. The van der Waals surface area contributed by atoms with Crippen molar-refractivity contribution in [3.05, 3.63) is 120 Å². The summed E-state index contributed by atoms with van der Waals surface area (Å²) in [5.41, 5.74) is 0.561. The van der Waals surface area contributed by atoms with Crippen molar-refractivity contribution >= 4 is 17.8 Å². The summed E-state index contributed by atoms with van der Waals surface area (Å²) in [4.78, 5) is 37.4. The summed E-state index contributed by atoms with van der Waals surface area (Å²) < 4.78 is 18.0. The molecule has 1 aromatic carbocycles. The van der Waals surface area contributed by atoms with Crippen molar-refractivity contribution < 1.29 is 54.1 Å². The van der Waals surface area contributed by atoms with Crippen molar-refractivity contribution in [2.75, 3.05) is 20.2 Å². The topological polar surface area (TPSA) is 204 Å². The third-order valence-electron chi connectivity index (χ3n) is 10.4. The molecule has 7 N–H and O–H groups in total. The maximum atomic E-state index is 13.8. The van der Waals surface area contributed by atoms with Gasteiger partial charge in [0, 0.05) is 44.0 Å². The van der Waals surface area contributed by atoms with Crippen LogP contribution < -0.4 is 10.6 Å². The average molecular weight is 793 g/mol. The molecule has 57 heavy (non-hydrogen) atoms. The van der Waals surface area contributed by atoms with Crippen LogP contribution in [-0.4, -0.2) is 112 Å². The second kappa shape index (κ2) is 22.5. The van der Waals surface area contributed by atoms with Gasteiger partial charge in [-0.05, 0) is 25.0 Å². The highest BCUT2D eigenvalue weighted by molar-refractivity contribution is 5.82. The van der Waals surface area contributed by atoms with E-state index in [2.05, 4.69) is 10.6 Å². The van der Waals surface area contributed by atoms with Gasteiger partial charge in [-0.2, -0.15) is 0 Å². The molecule has 2 aliphatic heterocycles. The highest BCUT2D eigenvalue weighted by Crippen LogP contribution is 2.44. The normalized spacial score (nSPS) is 28.6. The van der Waals surface area contributed by atoms with E-state index in [9.17, 15) is 34.8 Å². The molecule has 0 saturated carbocycles. The molecule has 0 bridgehead atoms. The van der Waals surface area contributed by atoms with Gasteiger partial charge in [-0.15, -0.1) is 0 Å². The number of nitrogens with one attached hydrogen (secondary N) is 2. The fourth-order valence-corrected chi connectivity index (χ4v) is 6.91. The van der Waals surface area contributed by atoms with Crippen LogP contribution in [0.3, 0.4) is 0 Å². The molecule has 2 amide bonds. The van der Waals surface area contributed by atoms with E-state index in [1.54, 1.807) is 106 Å². The van der Waals surface area contributed by atoms with Crippen LogP contribution in [0.2, 0.25) is 0 Å². The number of allylic oxidation sites excluding steroid dienone is 9. The quantitative estimate of drug-likeness (QED) is 0.0799. The zero-order chi connectivity index (χ0) is 42.2. The molecule has 0 radical (unpaired) electrons. The van der Waals surface area contributed by atoms with E-state index in [0.29, 0.717) is 6.42 Å². The van der Waals surface area contributed by atoms with Crippen LogP contribution >= 0.6 is 0 Å². The zero-order valence-electron chi connectivity index (χ0n) is 33.6. The van der Waals surface area contributed by atoms with E-state index < -0.39 is 72.0 Å². The summed E-state index contributed by atoms with van der Waals surface area (Å²) in [5.74, 6) is -6.42. The first-order valence-corrected chi connectivity index (χ1v) is 19.1. The third kappa shape index (κ3) is 13.3. The molecular weight excluding hydrogens is 732 g/mol. The molecule has 1 aromatic rings. The summed E-state index contributed by atoms with van der Waals surface area (Å²) in [6.07, 6.45) is 15.3. The summed E-state index contributed by atoms with van der Waals surface area (Å²) >= 11 is 0. The fourth-order valence-electron chi connectivity index (χ4n) is 6.91. The zero-order valence-corrected chi connectivity index (χ0v) is 33.6. The van der Waals surface area contributed by atoms with Gasteiger partial charge in [-0.25, -0.2) is 4.79 Å². The minimum Gasteiger partial charge on any atom is -0.478 e. The Bertz CT molecular complexity index is 1680. The predicted octanol–water partition coefficient (Wildman–Crippen LogP) is 3.47. The smallest absolute Gasteiger partial charge is 0.328 e. The molecule has 0 aliphatic carbocycles. The van der Waals surface area contributed by atoms with E-state index in [4.69, 9.17) is 19.3 Å². The molecule has 2 heterocycles. The Hall–Kier alpha value is -4.47. The van der Waals surface area contributed by atoms with Gasteiger partial charge in [-0.1, -0.05) is 124 Å². The Morgan fingerprint density at radius 1 is 0.965 bits per heavy atom. The number of amides is 2. The minimum absolute atomic E-state index is 0.0155. The van der Waals surface area contributed by atoms with Gasteiger partial charge in [0.2, 0.25) is 17.6 Å². The van der Waals surface area contributed by atoms with Gasteiger partial charge in [0.05, 0.1) is 36.9 Å². The van der Waals surface area contributed by atoms with Crippen LogP contribution in [0.25, 0.3) is 0 Å². The van der Waals surface area contributed by atoms with E-state index in [-0.39, 0.29) is 31.1 Å². The lowest BCUT2D eigenvalue weighted by molar-refractivity contribution is -0.358. The highest BCUT2D eigenvalue weighted by Gasteiger charge is 2.60. The van der Waals surface area contributed by atoms with Crippen molar-refractivity contribution in [2.45, 2.75) is 96.0 Å². The first-order chi connectivity index (χ1) is 27.1. The Balaban J connectivity index is 1.71. The molecule has 6 unspecified atom stereocenters. The van der Waals surface area contributed by atoms with Gasteiger partial charge >= 0.3 is 5.97 Å². The number of carbonyl (C=O) groups excluding carboxylic acids is 2. The Morgan fingerprint density at radius 2 is 1.65 bits per heavy atom. The molecule has 0 aromatic heterocycles. The van der Waals surface area contributed by atoms with Crippen LogP contribution in [-0.2, 0) is 35.0 Å². The maximum Gasteiger partial charge on any atom is 0.328 e. The molecule has 13 heteroatoms. The fraction of sp³-hybridized carbons (Fsp3) is 0.477. The summed E-state index contributed by atoms with van der Waals surface area (Å²) in [6, 6.07) is 9.02. The van der Waals surface area contributed by atoms with Crippen molar-refractivity contribution in [1.82, 2.24) is 10.6 Å². The highest BCUT2D eigenvalue weighted by atomic mass is 16.7. The second-order valence-corrected chi connectivity index (χ2v) is 14.9. The van der Waals surface area contributed by atoms with Gasteiger partial charge in [0.15, 0.2) is 0 Å². The Labute approximate surface area is 335 Å². The molecule has 0 spiro atoms. The number of methoxy groups -OCH3 is 1. The molecule has 312 valence electrons. The minimum atomic E-state index is -2.58. The molecular formula is C44H60N2O11. The lowest BCUT2D eigenvalue weighted by Crippen LogP contribution is -2.70. The monoisotopic (exact) mass is 792 g/mol. The molecule has 2 saturated heterocycles. The molecule has 2 aliphatic rings. The number of benzene rings is 1. The van der Waals surface area contributed by atoms with Crippen LogP contribution in [0.4, 0.5) is 0 Å². The Kier molecular flexibility index (Phi) is 18.5. The number of rotatable bonds is 19. The molecule has 13 nitrogen and oxygen atoms in total. The summed E-state index contributed by atoms with van der Waals surface area (Å²) in [5, 5.41) is 59.2. The van der Waals surface area contributed by atoms with Gasteiger partial charge < -0.3 is 50.4 Å². The first-order valence-electron chi connectivity index (χ1n) is 19.1. The van der Waals surface area contributed by atoms with Crippen molar-refractivity contribution in [1.29, 1.82) is 0 Å². The number of carboxylic acids is 1. The van der Waals surface area contributed by atoms with E-state index in [1.165, 1.54) is 6.08 Å². The molecule has 10 atom stereocenters. The van der Waals surface area contributed by atoms with Crippen molar-refractivity contribution in [2.24, 2.45) is 17.3 Å². The standard InChI is InChI=1S/C44H60N2O11/c1-7-8-12-23-36-43(4,5)40(51)41(52)44(54,57-36)32(28-46-37(48)26-31-20-13-11-14-21-31)42(53)45-25-18-17-19-29(2)39(55-6)30(3)35-27-33(47)34(56-35)22-15-9-10-16-24-38(49)50/h7-24,30,32-36,39-41,47,51-52,54H,25-28H2,1-6H3,(H,45,53)(H,46,48)(H,49,50)/b8-7+,10-9+,18-17+,22-15-,23-12+,24-16-,29-19+/t30?,32?,33?,34?,35?,36-,39?,40-,41+,44+/m0/s1. The number of aliphatic hydroxyl groups is 4. The predicted molar refractivity (Wildman–Crippen MR) is 216 cm³/mol. The third-order valence-corrected chi connectivity index (χ3v) is 10.4. The lowest BCUT2D eigenvalue weighted by atomic mass is 9.71. The number of hydrogen-bond donors (Lipinski definition) is 7. The number of aliphatic hydroxyl groups excluding tert-OH is 3. The largest absolute Gasteiger partial charge is 0.478 e. The van der Waals surface area contributed by atoms with E-state index >= 15 is 0 Å². The first kappa shape index (κ1) is 46.9. The summed E-state index contributed by atoms with van der Waals surface area (Å²) in [6.45, 7) is 8.68. The molecule has 3 rings (SSSR count). The average Bonchev–Trinajstić information content (AvgIpc) is 3.54. The van der Waals surface area contributed by atoms with Crippen LogP contribution in [0, 0.1) is 17.3 Å². The lowest BCUT2D eigenvalue weighted by Gasteiger charge is -2.53. The Morgan fingerprint density at radius 3 is 2.32 bits per heavy atom. The van der Waals surface area contributed by atoms with Gasteiger partial charge in [0.1, 0.15) is 18.1 Å². The van der Waals surface area contributed by atoms with Crippen molar-refractivity contribution in [3.8, 4) is 0 Å². The summed E-state index contributed by atoms with van der Waals surface area (Å²) in [7, 11) is 1.59. The molecule has 2 fully saturated rings. The number of hydrogen-bond acceptors (Lipinski definition) is 10. The van der Waals surface area contributed by atoms with Crippen molar-refractivity contribution in [3.63, 3.8) is 0 Å². The number of ether oxygens (including phenoxy) is 3. The van der Waals surface area contributed by atoms with E-state index in [0.717, 1.165) is 17.2 Å². The van der Waals surface area contributed by atoms with E-state index in [1.807, 2.05) is 32.9 Å². The number of carbonyl (C=O) groups is 3.